The summed E-state index contributed by atoms with van der Waals surface area (Å²) in [7, 11) is 1.82. The van der Waals surface area contributed by atoms with Crippen LogP contribution in [-0.2, 0) is 4.74 Å². The van der Waals surface area contributed by atoms with Crippen molar-refractivity contribution in [3.63, 3.8) is 0 Å². The fourth-order valence-corrected chi connectivity index (χ4v) is 3.69. The first-order valence-electron chi connectivity index (χ1n) is 8.87. The lowest BCUT2D eigenvalue weighted by atomic mass is 9.95. The second-order valence-corrected chi connectivity index (χ2v) is 7.16. The second kappa shape index (κ2) is 9.09. The van der Waals surface area contributed by atoms with Crippen molar-refractivity contribution in [2.45, 2.75) is 51.6 Å². The van der Waals surface area contributed by atoms with Crippen LogP contribution in [0.5, 0.6) is 0 Å². The standard InChI is InChI=1S/C17H35N3O/c1-15(2)18-12-17(14-21-3)20-10-6-16(7-11-20)13-19-8-4-5-9-19/h15-18H,4-14H2,1-3H3. The van der Waals surface area contributed by atoms with Gasteiger partial charge in [-0.05, 0) is 57.8 Å². The number of nitrogens with zero attached hydrogens (tertiary/aromatic N) is 2. The minimum Gasteiger partial charge on any atom is -0.383 e. The van der Waals surface area contributed by atoms with Crippen LogP contribution in [-0.4, -0.2) is 74.9 Å². The molecule has 0 saturated carbocycles. The molecule has 0 radical (unpaired) electrons. The average molecular weight is 297 g/mol. The lowest BCUT2D eigenvalue weighted by Gasteiger charge is -2.38. The summed E-state index contributed by atoms with van der Waals surface area (Å²) in [5.74, 6) is 0.917. The highest BCUT2D eigenvalue weighted by Crippen LogP contribution is 2.22. The number of piperidine rings is 1. The van der Waals surface area contributed by atoms with Gasteiger partial charge in [0.1, 0.15) is 0 Å². The van der Waals surface area contributed by atoms with Gasteiger partial charge in [0.05, 0.1) is 6.61 Å². The van der Waals surface area contributed by atoms with E-state index < -0.39 is 0 Å². The summed E-state index contributed by atoms with van der Waals surface area (Å²) in [4.78, 5) is 5.31. The number of methoxy groups -OCH3 is 1. The Kier molecular flexibility index (Phi) is 7.44. The first-order valence-corrected chi connectivity index (χ1v) is 8.87. The zero-order chi connectivity index (χ0) is 15.1. The van der Waals surface area contributed by atoms with Gasteiger partial charge < -0.3 is 15.0 Å². The van der Waals surface area contributed by atoms with Gasteiger partial charge in [-0.1, -0.05) is 13.8 Å². The SMILES string of the molecule is COCC(CNC(C)C)N1CCC(CN2CCCC2)CC1. The minimum absolute atomic E-state index is 0.533. The van der Waals surface area contributed by atoms with E-state index in [-0.39, 0.29) is 0 Å². The van der Waals surface area contributed by atoms with Crippen LogP contribution in [0.4, 0.5) is 0 Å². The normalized spacial score (nSPS) is 24.0. The smallest absolute Gasteiger partial charge is 0.0630 e. The monoisotopic (exact) mass is 297 g/mol. The Hall–Kier alpha value is -0.160. The summed E-state index contributed by atoms with van der Waals surface area (Å²) in [5, 5.41) is 3.57. The lowest BCUT2D eigenvalue weighted by Crippen LogP contribution is -2.50. The Labute approximate surface area is 131 Å². The van der Waals surface area contributed by atoms with Crippen molar-refractivity contribution < 1.29 is 4.74 Å². The van der Waals surface area contributed by atoms with Crippen molar-refractivity contribution in [2.24, 2.45) is 5.92 Å². The van der Waals surface area contributed by atoms with Crippen LogP contribution >= 0.6 is 0 Å². The summed E-state index contributed by atoms with van der Waals surface area (Å²) < 4.78 is 5.43. The third kappa shape index (κ3) is 5.85. The number of ether oxygens (including phenoxy) is 1. The molecule has 2 aliphatic rings. The van der Waals surface area contributed by atoms with Crippen molar-refractivity contribution >= 4 is 0 Å². The van der Waals surface area contributed by atoms with Gasteiger partial charge in [0.25, 0.3) is 0 Å². The molecule has 0 bridgehead atoms. The predicted molar refractivity (Wildman–Crippen MR) is 88.8 cm³/mol. The molecule has 0 aliphatic carbocycles. The molecular weight excluding hydrogens is 262 g/mol. The Balaban J connectivity index is 1.71. The van der Waals surface area contributed by atoms with E-state index in [2.05, 4.69) is 29.0 Å². The highest BCUT2D eigenvalue weighted by molar-refractivity contribution is 4.82. The minimum atomic E-state index is 0.533. The maximum Gasteiger partial charge on any atom is 0.0630 e. The van der Waals surface area contributed by atoms with Gasteiger partial charge in [0, 0.05) is 32.3 Å². The predicted octanol–water partition coefficient (Wildman–Crippen LogP) is 1.81. The summed E-state index contributed by atoms with van der Waals surface area (Å²) in [6.45, 7) is 12.8. The van der Waals surface area contributed by atoms with Crippen LogP contribution in [0.25, 0.3) is 0 Å². The first-order chi connectivity index (χ1) is 10.2. The van der Waals surface area contributed by atoms with Crippen molar-refractivity contribution in [3.05, 3.63) is 0 Å². The maximum absolute atomic E-state index is 5.43. The number of rotatable bonds is 8. The molecule has 2 saturated heterocycles. The summed E-state index contributed by atoms with van der Waals surface area (Å²) in [6.07, 6.45) is 5.54. The number of hydrogen-bond acceptors (Lipinski definition) is 4. The zero-order valence-electron chi connectivity index (χ0n) is 14.3. The quantitative estimate of drug-likeness (QED) is 0.739. The molecule has 4 heteroatoms. The first kappa shape index (κ1) is 17.2. The summed E-state index contributed by atoms with van der Waals surface area (Å²) >= 11 is 0. The molecule has 0 amide bonds. The van der Waals surface area contributed by atoms with Gasteiger partial charge in [-0.25, -0.2) is 0 Å². The van der Waals surface area contributed by atoms with Gasteiger partial charge in [-0.15, -0.1) is 0 Å². The molecule has 2 heterocycles. The molecule has 21 heavy (non-hydrogen) atoms. The van der Waals surface area contributed by atoms with Gasteiger partial charge in [0.2, 0.25) is 0 Å². The Morgan fingerprint density at radius 3 is 2.33 bits per heavy atom. The topological polar surface area (TPSA) is 27.7 Å². The molecule has 124 valence electrons. The maximum atomic E-state index is 5.43. The average Bonchev–Trinajstić information content (AvgIpc) is 2.97. The van der Waals surface area contributed by atoms with Crippen molar-refractivity contribution in [1.29, 1.82) is 0 Å². The fourth-order valence-electron chi connectivity index (χ4n) is 3.69. The Morgan fingerprint density at radius 1 is 1.10 bits per heavy atom. The molecule has 1 unspecified atom stereocenters. The lowest BCUT2D eigenvalue weighted by molar-refractivity contribution is 0.0583. The van der Waals surface area contributed by atoms with Crippen LogP contribution in [0.3, 0.4) is 0 Å². The van der Waals surface area contributed by atoms with Gasteiger partial charge in [0.15, 0.2) is 0 Å². The highest BCUT2D eigenvalue weighted by atomic mass is 16.5. The molecule has 0 spiro atoms. The largest absolute Gasteiger partial charge is 0.383 e. The molecule has 0 aromatic rings. The van der Waals surface area contributed by atoms with Gasteiger partial charge in [-0.3, -0.25) is 4.90 Å². The number of likely N-dealkylation sites (tertiary alicyclic amines) is 2. The van der Waals surface area contributed by atoms with E-state index in [0.29, 0.717) is 12.1 Å². The Morgan fingerprint density at radius 2 is 1.76 bits per heavy atom. The van der Waals surface area contributed by atoms with Crippen LogP contribution in [0, 0.1) is 5.92 Å². The molecule has 2 aliphatic heterocycles. The van der Waals surface area contributed by atoms with Gasteiger partial charge in [-0.2, -0.15) is 0 Å². The van der Waals surface area contributed by atoms with E-state index in [1.165, 1.54) is 58.4 Å². The summed E-state index contributed by atoms with van der Waals surface area (Å²) in [5.41, 5.74) is 0. The van der Waals surface area contributed by atoms with E-state index >= 15 is 0 Å². The molecule has 0 aromatic heterocycles. The third-order valence-corrected chi connectivity index (χ3v) is 5.00. The highest BCUT2D eigenvalue weighted by Gasteiger charge is 2.26. The molecule has 1 N–H and O–H groups in total. The van der Waals surface area contributed by atoms with E-state index in [0.717, 1.165) is 19.1 Å². The Bertz CT molecular complexity index is 271. The van der Waals surface area contributed by atoms with E-state index in [1.807, 2.05) is 7.11 Å². The van der Waals surface area contributed by atoms with Crippen LogP contribution in [0.2, 0.25) is 0 Å². The summed E-state index contributed by atoms with van der Waals surface area (Å²) in [6, 6.07) is 1.09. The third-order valence-electron chi connectivity index (χ3n) is 5.00. The van der Waals surface area contributed by atoms with E-state index in [1.54, 1.807) is 0 Å². The van der Waals surface area contributed by atoms with Crippen molar-refractivity contribution in [3.8, 4) is 0 Å². The molecule has 1 atom stereocenters. The van der Waals surface area contributed by atoms with E-state index in [9.17, 15) is 0 Å². The molecule has 2 rings (SSSR count). The molecule has 2 fully saturated rings. The van der Waals surface area contributed by atoms with Crippen molar-refractivity contribution in [1.82, 2.24) is 15.1 Å². The fraction of sp³-hybridized carbons (Fsp3) is 1.00. The zero-order valence-corrected chi connectivity index (χ0v) is 14.3. The molecule has 4 nitrogen and oxygen atoms in total. The van der Waals surface area contributed by atoms with Gasteiger partial charge >= 0.3 is 0 Å². The number of hydrogen-bond donors (Lipinski definition) is 1. The molecule has 0 aromatic carbocycles. The van der Waals surface area contributed by atoms with Crippen molar-refractivity contribution in [2.75, 3.05) is 53.0 Å². The molecular formula is C17H35N3O. The number of nitrogens with one attached hydrogen (secondary N) is 1. The second-order valence-electron chi connectivity index (χ2n) is 7.16. The van der Waals surface area contributed by atoms with Crippen LogP contribution in [0.1, 0.15) is 39.5 Å². The van der Waals surface area contributed by atoms with Crippen LogP contribution < -0.4 is 5.32 Å². The van der Waals surface area contributed by atoms with E-state index in [4.69, 9.17) is 4.74 Å². The van der Waals surface area contributed by atoms with Crippen LogP contribution in [0.15, 0.2) is 0 Å².